The average molecular weight is 488 g/mol. The van der Waals surface area contributed by atoms with Crippen molar-refractivity contribution in [1.82, 2.24) is 24.6 Å². The van der Waals surface area contributed by atoms with Crippen molar-refractivity contribution in [2.45, 2.75) is 41.0 Å². The molecule has 1 unspecified atom stereocenters. The zero-order valence-electron chi connectivity index (χ0n) is 21.7. The lowest BCUT2D eigenvalue weighted by atomic mass is 10.1. The highest BCUT2D eigenvalue weighted by molar-refractivity contribution is 6.00. The topological polar surface area (TPSA) is 87.5 Å². The zero-order chi connectivity index (χ0) is 25.6. The van der Waals surface area contributed by atoms with Crippen molar-refractivity contribution in [1.29, 1.82) is 0 Å². The minimum Gasteiger partial charge on any atom is -0.353 e. The number of hydrogen-bond acceptors (Lipinski definition) is 6. The monoisotopic (exact) mass is 487 g/mol. The summed E-state index contributed by atoms with van der Waals surface area (Å²) >= 11 is 0. The van der Waals surface area contributed by atoms with Crippen molar-refractivity contribution >= 4 is 23.3 Å². The molecule has 4 heterocycles. The van der Waals surface area contributed by atoms with Crippen molar-refractivity contribution in [2.75, 3.05) is 42.5 Å². The summed E-state index contributed by atoms with van der Waals surface area (Å²) in [6.07, 6.45) is 0.267. The summed E-state index contributed by atoms with van der Waals surface area (Å²) < 4.78 is 1.84. The third-order valence-corrected chi connectivity index (χ3v) is 7.23. The number of anilines is 2. The molecule has 9 nitrogen and oxygen atoms in total. The van der Waals surface area contributed by atoms with Crippen LogP contribution in [0, 0.1) is 40.5 Å². The van der Waals surface area contributed by atoms with Gasteiger partial charge in [-0.15, -0.1) is 0 Å². The maximum Gasteiger partial charge on any atom is 0.228 e. The van der Waals surface area contributed by atoms with E-state index < -0.39 is 0 Å². The second-order valence-electron chi connectivity index (χ2n) is 9.96. The zero-order valence-corrected chi connectivity index (χ0v) is 21.7. The maximum atomic E-state index is 13.3. The largest absolute Gasteiger partial charge is 0.353 e. The van der Waals surface area contributed by atoms with Crippen LogP contribution in [0.25, 0.3) is 5.82 Å². The van der Waals surface area contributed by atoms with Gasteiger partial charge < -0.3 is 14.7 Å². The van der Waals surface area contributed by atoms with E-state index in [4.69, 9.17) is 0 Å². The van der Waals surface area contributed by atoms with Gasteiger partial charge in [0.15, 0.2) is 5.82 Å². The van der Waals surface area contributed by atoms with Gasteiger partial charge in [0.05, 0.1) is 11.6 Å². The number of carbonyl (C=O) groups excluding carboxylic acids is 2. The summed E-state index contributed by atoms with van der Waals surface area (Å²) in [6, 6.07) is 10.0. The Morgan fingerprint density at radius 1 is 0.889 bits per heavy atom. The van der Waals surface area contributed by atoms with Crippen LogP contribution < -0.4 is 9.80 Å². The second kappa shape index (κ2) is 9.37. The van der Waals surface area contributed by atoms with Crippen LogP contribution in [-0.2, 0) is 9.59 Å². The van der Waals surface area contributed by atoms with Gasteiger partial charge in [0, 0.05) is 56.6 Å². The van der Waals surface area contributed by atoms with E-state index in [2.05, 4.69) is 26.9 Å². The molecular formula is C27H33N7O2. The Hall–Kier alpha value is -3.75. The van der Waals surface area contributed by atoms with E-state index in [0.717, 1.165) is 34.3 Å². The number of amides is 2. The fourth-order valence-corrected chi connectivity index (χ4v) is 5.10. The fraction of sp³-hybridized carbons (Fsp3) is 0.444. The summed E-state index contributed by atoms with van der Waals surface area (Å²) in [5.41, 5.74) is 5.18. The number of nitrogens with zero attached hydrogens (tertiary/aromatic N) is 7. The number of piperazine rings is 1. The summed E-state index contributed by atoms with van der Waals surface area (Å²) in [5.74, 6) is 2.06. The van der Waals surface area contributed by atoms with Crippen LogP contribution >= 0.6 is 0 Å². The summed E-state index contributed by atoms with van der Waals surface area (Å²) in [4.78, 5) is 41.1. The molecule has 1 aromatic carbocycles. The van der Waals surface area contributed by atoms with Crippen LogP contribution in [0.4, 0.5) is 11.5 Å². The van der Waals surface area contributed by atoms with Crippen LogP contribution in [0.3, 0.4) is 0 Å². The SMILES string of the molecule is Cc1cc(C)n(-c2cc(N3CCN(C(=O)C4CC(=O)N(c5ccc(C)c(C)c5)C4)CC3)nc(C)n2)n1. The Labute approximate surface area is 211 Å². The molecule has 2 fully saturated rings. The Morgan fingerprint density at radius 3 is 2.28 bits per heavy atom. The molecule has 188 valence electrons. The average Bonchev–Trinajstić information content (AvgIpc) is 3.41. The molecule has 0 radical (unpaired) electrons. The van der Waals surface area contributed by atoms with Gasteiger partial charge >= 0.3 is 0 Å². The smallest absolute Gasteiger partial charge is 0.228 e. The van der Waals surface area contributed by atoms with E-state index in [1.807, 2.05) is 67.6 Å². The number of aromatic nitrogens is 4. The molecule has 3 aromatic rings. The summed E-state index contributed by atoms with van der Waals surface area (Å²) in [5, 5.41) is 4.55. The van der Waals surface area contributed by atoms with Crippen LogP contribution in [-0.4, -0.2) is 69.2 Å². The lowest BCUT2D eigenvalue weighted by Crippen LogP contribution is -2.51. The van der Waals surface area contributed by atoms with Crippen molar-refractivity contribution < 1.29 is 9.59 Å². The van der Waals surface area contributed by atoms with Crippen LogP contribution in [0.1, 0.15) is 34.8 Å². The molecule has 9 heteroatoms. The highest BCUT2D eigenvalue weighted by Crippen LogP contribution is 2.28. The number of hydrogen-bond donors (Lipinski definition) is 0. The molecule has 0 saturated carbocycles. The van der Waals surface area contributed by atoms with E-state index in [1.54, 1.807) is 4.90 Å². The minimum absolute atomic E-state index is 0.0170. The molecule has 0 spiro atoms. The van der Waals surface area contributed by atoms with E-state index in [-0.39, 0.29) is 24.2 Å². The van der Waals surface area contributed by atoms with Crippen LogP contribution in [0.2, 0.25) is 0 Å². The first-order valence-electron chi connectivity index (χ1n) is 12.5. The molecule has 2 aliphatic rings. The van der Waals surface area contributed by atoms with Crippen LogP contribution in [0.15, 0.2) is 30.3 Å². The van der Waals surface area contributed by atoms with Gasteiger partial charge in [0.25, 0.3) is 0 Å². The highest BCUT2D eigenvalue weighted by atomic mass is 16.2. The highest BCUT2D eigenvalue weighted by Gasteiger charge is 2.38. The van der Waals surface area contributed by atoms with Gasteiger partial charge in [0.1, 0.15) is 11.6 Å². The minimum atomic E-state index is -0.301. The summed E-state index contributed by atoms with van der Waals surface area (Å²) in [6.45, 7) is 13.0. The Morgan fingerprint density at radius 2 is 1.61 bits per heavy atom. The van der Waals surface area contributed by atoms with Crippen molar-refractivity contribution in [2.24, 2.45) is 5.92 Å². The predicted molar refractivity (Wildman–Crippen MR) is 139 cm³/mol. The standard InChI is InChI=1S/C27H33N7O2/c1-17-6-7-23(12-18(17)2)33-16-22(14-26(33)35)27(36)32-10-8-31(9-11-32)24-15-25(29-21(5)28-24)34-20(4)13-19(3)30-34/h6-7,12-13,15,22H,8-11,14,16H2,1-5H3. The number of rotatable bonds is 4. The van der Waals surface area contributed by atoms with Gasteiger partial charge in [-0.05, 0) is 63.9 Å². The van der Waals surface area contributed by atoms with Crippen molar-refractivity contribution in [3.05, 3.63) is 58.7 Å². The molecule has 1 atom stereocenters. The Kier molecular flexibility index (Phi) is 6.24. The predicted octanol–water partition coefficient (Wildman–Crippen LogP) is 2.91. The molecule has 0 aliphatic carbocycles. The van der Waals surface area contributed by atoms with E-state index >= 15 is 0 Å². The lowest BCUT2D eigenvalue weighted by Gasteiger charge is -2.36. The van der Waals surface area contributed by atoms with Gasteiger partial charge in [-0.3, -0.25) is 9.59 Å². The molecule has 0 bridgehead atoms. The normalized spacial score (nSPS) is 18.3. The lowest BCUT2D eigenvalue weighted by molar-refractivity contribution is -0.136. The van der Waals surface area contributed by atoms with Gasteiger partial charge in [-0.2, -0.15) is 5.10 Å². The van der Waals surface area contributed by atoms with Gasteiger partial charge in [-0.1, -0.05) is 6.07 Å². The Bertz CT molecular complexity index is 1320. The number of carbonyl (C=O) groups is 2. The first-order valence-corrected chi connectivity index (χ1v) is 12.5. The first kappa shape index (κ1) is 24.0. The van der Waals surface area contributed by atoms with Crippen LogP contribution in [0.5, 0.6) is 0 Å². The fourth-order valence-electron chi connectivity index (χ4n) is 5.10. The van der Waals surface area contributed by atoms with Gasteiger partial charge in [-0.25, -0.2) is 14.6 Å². The second-order valence-corrected chi connectivity index (χ2v) is 9.96. The van der Waals surface area contributed by atoms with Crippen molar-refractivity contribution in [3.8, 4) is 5.82 Å². The molecular weight excluding hydrogens is 454 g/mol. The maximum absolute atomic E-state index is 13.3. The number of benzene rings is 1. The quantitative estimate of drug-likeness (QED) is 0.562. The molecule has 2 amide bonds. The van der Waals surface area contributed by atoms with E-state index in [0.29, 0.717) is 38.5 Å². The molecule has 36 heavy (non-hydrogen) atoms. The third-order valence-electron chi connectivity index (χ3n) is 7.23. The Balaban J connectivity index is 1.24. The number of aryl methyl sites for hydroxylation is 5. The molecule has 2 saturated heterocycles. The summed E-state index contributed by atoms with van der Waals surface area (Å²) in [7, 11) is 0. The first-order chi connectivity index (χ1) is 17.2. The van der Waals surface area contributed by atoms with E-state index in [1.165, 1.54) is 5.56 Å². The van der Waals surface area contributed by atoms with Gasteiger partial charge in [0.2, 0.25) is 11.8 Å². The van der Waals surface area contributed by atoms with Crippen molar-refractivity contribution in [3.63, 3.8) is 0 Å². The van der Waals surface area contributed by atoms with E-state index in [9.17, 15) is 9.59 Å². The molecule has 2 aromatic heterocycles. The molecule has 2 aliphatic heterocycles. The molecule has 5 rings (SSSR count). The molecule has 0 N–H and O–H groups in total. The third kappa shape index (κ3) is 4.57.